The number of aliphatic hydroxyl groups is 1. The van der Waals surface area contributed by atoms with Crippen molar-refractivity contribution >= 4 is 5.84 Å². The molecule has 3 heteroatoms. The van der Waals surface area contributed by atoms with Crippen LogP contribution in [0.1, 0.15) is 64.2 Å². The molecule has 3 aliphatic carbocycles. The van der Waals surface area contributed by atoms with Crippen LogP contribution in [-0.2, 0) is 0 Å². The molecule has 0 saturated heterocycles. The predicted molar refractivity (Wildman–Crippen MR) is 90.7 cm³/mol. The molecule has 4 atom stereocenters. The Morgan fingerprint density at radius 2 is 1.91 bits per heavy atom. The Balaban J connectivity index is 1.61. The minimum atomic E-state index is -0.102. The molecule has 0 bridgehead atoms. The average Bonchev–Trinajstić information content (AvgIpc) is 2.55. The summed E-state index contributed by atoms with van der Waals surface area (Å²) in [5.41, 5.74) is 8.20. The van der Waals surface area contributed by atoms with E-state index in [4.69, 9.17) is 11.1 Å². The Morgan fingerprint density at radius 1 is 1.09 bits per heavy atom. The Kier molecular flexibility index (Phi) is 5.02. The lowest BCUT2D eigenvalue weighted by molar-refractivity contribution is 0.0819. The topological polar surface area (TPSA) is 70.1 Å². The van der Waals surface area contributed by atoms with Crippen LogP contribution < -0.4 is 5.73 Å². The molecule has 3 aliphatic rings. The third-order valence-corrected chi connectivity index (χ3v) is 6.11. The summed E-state index contributed by atoms with van der Waals surface area (Å²) < 4.78 is 0. The normalized spacial score (nSPS) is 36.4. The molecule has 0 aromatic heterocycles. The standard InChI is InChI=1S/C19H30N2O/c20-19(21)14-10-8-13(9-11-14)15-4-3-5-16(12-15)17-6-1-2-7-18(17)22/h5,10,13,15,17-18,22H,1-4,6-9,11-12H2,(H3,20,21)/t13?,15-,17?,18-/m0/s1. The summed E-state index contributed by atoms with van der Waals surface area (Å²) in [6.07, 6.45) is 16.1. The van der Waals surface area contributed by atoms with Crippen LogP contribution in [0.3, 0.4) is 0 Å². The van der Waals surface area contributed by atoms with Gasteiger partial charge in [0.05, 0.1) is 6.10 Å². The summed E-state index contributed by atoms with van der Waals surface area (Å²) in [4.78, 5) is 0. The molecule has 1 saturated carbocycles. The van der Waals surface area contributed by atoms with Gasteiger partial charge in [-0.15, -0.1) is 0 Å². The molecule has 0 amide bonds. The average molecular weight is 302 g/mol. The van der Waals surface area contributed by atoms with Gasteiger partial charge < -0.3 is 10.8 Å². The van der Waals surface area contributed by atoms with Crippen LogP contribution in [-0.4, -0.2) is 17.0 Å². The zero-order valence-corrected chi connectivity index (χ0v) is 13.6. The molecule has 2 unspecified atom stereocenters. The molecule has 22 heavy (non-hydrogen) atoms. The number of allylic oxidation sites excluding steroid dienone is 2. The van der Waals surface area contributed by atoms with Gasteiger partial charge >= 0.3 is 0 Å². The lowest BCUT2D eigenvalue weighted by Crippen LogP contribution is -2.30. The first-order chi connectivity index (χ1) is 10.6. The molecule has 3 rings (SSSR count). The zero-order valence-electron chi connectivity index (χ0n) is 13.6. The van der Waals surface area contributed by atoms with Crippen molar-refractivity contribution in [3.05, 3.63) is 23.3 Å². The fourth-order valence-corrected chi connectivity index (χ4v) is 4.75. The van der Waals surface area contributed by atoms with Crippen LogP contribution in [0.4, 0.5) is 0 Å². The Labute approximate surface area is 134 Å². The smallest absolute Gasteiger partial charge is 0.118 e. The summed E-state index contributed by atoms with van der Waals surface area (Å²) >= 11 is 0. The molecule has 0 heterocycles. The number of amidine groups is 1. The zero-order chi connectivity index (χ0) is 15.5. The van der Waals surface area contributed by atoms with E-state index in [1.807, 2.05) is 0 Å². The van der Waals surface area contributed by atoms with Crippen LogP contribution in [0.15, 0.2) is 23.3 Å². The molecule has 122 valence electrons. The van der Waals surface area contributed by atoms with Gasteiger partial charge in [0.2, 0.25) is 0 Å². The van der Waals surface area contributed by atoms with Gasteiger partial charge in [-0.1, -0.05) is 30.6 Å². The second kappa shape index (κ2) is 6.99. The van der Waals surface area contributed by atoms with Gasteiger partial charge in [0.1, 0.15) is 5.84 Å². The molecule has 0 aromatic rings. The maximum absolute atomic E-state index is 10.3. The molecular weight excluding hydrogens is 272 g/mol. The first kappa shape index (κ1) is 15.8. The van der Waals surface area contributed by atoms with Gasteiger partial charge in [-0.05, 0) is 68.8 Å². The highest BCUT2D eigenvalue weighted by molar-refractivity contribution is 5.94. The third kappa shape index (κ3) is 3.45. The number of hydrogen-bond acceptors (Lipinski definition) is 2. The SMILES string of the molecule is N=C(N)C1=CCC([C@H]2CCC=C(C3CCCC[C@@H]3O)C2)CC1. The van der Waals surface area contributed by atoms with E-state index in [9.17, 15) is 5.11 Å². The molecule has 3 nitrogen and oxygen atoms in total. The van der Waals surface area contributed by atoms with Crippen molar-refractivity contribution in [2.24, 2.45) is 23.5 Å². The highest BCUT2D eigenvalue weighted by Crippen LogP contribution is 2.42. The second-order valence-electron chi connectivity index (χ2n) is 7.46. The first-order valence-electron chi connectivity index (χ1n) is 9.05. The Hall–Kier alpha value is -1.09. The number of nitrogens with one attached hydrogen (secondary N) is 1. The van der Waals surface area contributed by atoms with E-state index in [2.05, 4.69) is 12.2 Å². The van der Waals surface area contributed by atoms with Crippen molar-refractivity contribution in [1.82, 2.24) is 0 Å². The predicted octanol–water partition coefficient (Wildman–Crippen LogP) is 3.93. The van der Waals surface area contributed by atoms with Crippen molar-refractivity contribution in [3.63, 3.8) is 0 Å². The number of nitrogens with two attached hydrogens (primary N) is 1. The van der Waals surface area contributed by atoms with Crippen molar-refractivity contribution in [3.8, 4) is 0 Å². The largest absolute Gasteiger partial charge is 0.393 e. The van der Waals surface area contributed by atoms with Crippen LogP contribution in [0.25, 0.3) is 0 Å². The maximum atomic E-state index is 10.3. The molecule has 1 fully saturated rings. The van der Waals surface area contributed by atoms with Crippen molar-refractivity contribution in [2.45, 2.75) is 70.3 Å². The van der Waals surface area contributed by atoms with E-state index in [1.54, 1.807) is 5.57 Å². The monoisotopic (exact) mass is 302 g/mol. The molecule has 4 N–H and O–H groups in total. The maximum Gasteiger partial charge on any atom is 0.118 e. The molecule has 0 radical (unpaired) electrons. The fraction of sp³-hybridized carbons (Fsp3) is 0.737. The third-order valence-electron chi connectivity index (χ3n) is 6.11. The van der Waals surface area contributed by atoms with E-state index < -0.39 is 0 Å². The second-order valence-corrected chi connectivity index (χ2v) is 7.46. The quantitative estimate of drug-likeness (QED) is 0.420. The van der Waals surface area contributed by atoms with Gasteiger partial charge in [-0.3, -0.25) is 5.41 Å². The minimum Gasteiger partial charge on any atom is -0.393 e. The van der Waals surface area contributed by atoms with Gasteiger partial charge in [0.15, 0.2) is 0 Å². The lowest BCUT2D eigenvalue weighted by atomic mass is 9.69. The Morgan fingerprint density at radius 3 is 2.59 bits per heavy atom. The number of hydrogen-bond donors (Lipinski definition) is 3. The van der Waals surface area contributed by atoms with Crippen LogP contribution in [0, 0.1) is 23.2 Å². The Bertz CT molecular complexity index is 480. The van der Waals surface area contributed by atoms with E-state index >= 15 is 0 Å². The van der Waals surface area contributed by atoms with Crippen molar-refractivity contribution in [2.75, 3.05) is 0 Å². The summed E-state index contributed by atoms with van der Waals surface area (Å²) in [6.45, 7) is 0. The van der Waals surface area contributed by atoms with Crippen molar-refractivity contribution in [1.29, 1.82) is 5.41 Å². The van der Waals surface area contributed by atoms with Crippen molar-refractivity contribution < 1.29 is 5.11 Å². The van der Waals surface area contributed by atoms with Gasteiger partial charge in [-0.2, -0.15) is 0 Å². The van der Waals surface area contributed by atoms with E-state index in [0.717, 1.165) is 36.7 Å². The summed E-state index contributed by atoms with van der Waals surface area (Å²) in [7, 11) is 0. The molecule has 0 aromatic carbocycles. The summed E-state index contributed by atoms with van der Waals surface area (Å²) in [5, 5.41) is 17.9. The minimum absolute atomic E-state index is 0.102. The number of aliphatic hydroxyl groups excluding tert-OH is 1. The van der Waals surface area contributed by atoms with Gasteiger partial charge in [-0.25, -0.2) is 0 Å². The highest BCUT2D eigenvalue weighted by Gasteiger charge is 2.32. The lowest BCUT2D eigenvalue weighted by Gasteiger charge is -2.37. The van der Waals surface area contributed by atoms with Gasteiger partial charge in [0.25, 0.3) is 0 Å². The molecular formula is C19H30N2O. The van der Waals surface area contributed by atoms with E-state index in [-0.39, 0.29) is 11.9 Å². The van der Waals surface area contributed by atoms with Crippen LogP contribution >= 0.6 is 0 Å². The van der Waals surface area contributed by atoms with E-state index in [0.29, 0.717) is 5.92 Å². The summed E-state index contributed by atoms with van der Waals surface area (Å²) in [6, 6.07) is 0. The summed E-state index contributed by atoms with van der Waals surface area (Å²) in [5.74, 6) is 2.20. The molecule has 0 spiro atoms. The van der Waals surface area contributed by atoms with Crippen LogP contribution in [0.5, 0.6) is 0 Å². The first-order valence-corrected chi connectivity index (χ1v) is 9.05. The van der Waals surface area contributed by atoms with Crippen LogP contribution in [0.2, 0.25) is 0 Å². The fourth-order valence-electron chi connectivity index (χ4n) is 4.75. The number of rotatable bonds is 3. The highest BCUT2D eigenvalue weighted by atomic mass is 16.3. The van der Waals surface area contributed by atoms with E-state index in [1.165, 1.54) is 44.9 Å². The molecule has 0 aliphatic heterocycles. The van der Waals surface area contributed by atoms with Gasteiger partial charge in [0, 0.05) is 5.92 Å².